The van der Waals surface area contributed by atoms with Gasteiger partial charge in [-0.2, -0.15) is 18.3 Å². The number of hydrogen-bond acceptors (Lipinski definition) is 7. The lowest BCUT2D eigenvalue weighted by Crippen LogP contribution is -2.19. The Morgan fingerprint density at radius 1 is 1.09 bits per heavy atom. The molecule has 0 aliphatic heterocycles. The minimum Gasteiger partial charge on any atom is -0.384 e. The van der Waals surface area contributed by atoms with E-state index in [-0.39, 0.29) is 12.2 Å². The molecule has 0 spiro atoms. The number of hydrogen-bond donors (Lipinski definition) is 2. The molecule has 12 heteroatoms. The summed E-state index contributed by atoms with van der Waals surface area (Å²) in [5, 5.41) is 9.50. The molecule has 0 aliphatic rings. The SMILES string of the molecule is NC(=O)c1nnccc1S(=O)(=O)c1ccc(NCCSc2ccccc2)c(C(F)(F)F)c1. The van der Waals surface area contributed by atoms with Crippen LogP contribution >= 0.6 is 11.8 Å². The lowest BCUT2D eigenvalue weighted by atomic mass is 10.1. The van der Waals surface area contributed by atoms with Gasteiger partial charge in [0.2, 0.25) is 9.84 Å². The van der Waals surface area contributed by atoms with Crippen LogP contribution in [0.15, 0.2) is 75.5 Å². The van der Waals surface area contributed by atoms with Crippen LogP contribution in [0.2, 0.25) is 0 Å². The van der Waals surface area contributed by atoms with E-state index in [9.17, 15) is 26.4 Å². The van der Waals surface area contributed by atoms with E-state index in [1.807, 2.05) is 30.3 Å². The zero-order valence-electron chi connectivity index (χ0n) is 16.3. The van der Waals surface area contributed by atoms with Crippen molar-refractivity contribution < 1.29 is 26.4 Å². The first-order valence-corrected chi connectivity index (χ1v) is 11.6. The van der Waals surface area contributed by atoms with E-state index in [0.717, 1.165) is 29.3 Å². The van der Waals surface area contributed by atoms with Gasteiger partial charge in [0, 0.05) is 22.9 Å². The molecule has 0 saturated carbocycles. The number of amides is 1. The van der Waals surface area contributed by atoms with Crippen LogP contribution in [0, 0.1) is 0 Å². The Morgan fingerprint density at radius 2 is 1.81 bits per heavy atom. The van der Waals surface area contributed by atoms with E-state index in [1.54, 1.807) is 0 Å². The Morgan fingerprint density at radius 3 is 2.47 bits per heavy atom. The molecular weight excluding hydrogens is 465 g/mol. The number of carbonyl (C=O) groups is 1. The largest absolute Gasteiger partial charge is 0.418 e. The lowest BCUT2D eigenvalue weighted by molar-refractivity contribution is -0.137. The average Bonchev–Trinajstić information content (AvgIpc) is 2.76. The van der Waals surface area contributed by atoms with E-state index in [4.69, 9.17) is 5.73 Å². The van der Waals surface area contributed by atoms with Gasteiger partial charge in [-0.05, 0) is 36.4 Å². The Bertz CT molecular complexity index is 1220. The van der Waals surface area contributed by atoms with Gasteiger partial charge in [-0.15, -0.1) is 16.9 Å². The average molecular weight is 483 g/mol. The van der Waals surface area contributed by atoms with Gasteiger partial charge in [0.1, 0.15) is 4.90 Å². The fraction of sp³-hybridized carbons (Fsp3) is 0.150. The van der Waals surface area contributed by atoms with Crippen LogP contribution in [0.1, 0.15) is 16.1 Å². The zero-order valence-corrected chi connectivity index (χ0v) is 18.0. The predicted molar refractivity (Wildman–Crippen MR) is 113 cm³/mol. The number of rotatable bonds is 8. The summed E-state index contributed by atoms with van der Waals surface area (Å²) in [5.41, 5.74) is 3.07. The predicted octanol–water partition coefficient (Wildman–Crippen LogP) is 3.63. The van der Waals surface area contributed by atoms with Crippen LogP contribution in [0.25, 0.3) is 0 Å². The zero-order chi connectivity index (χ0) is 23.4. The second-order valence-electron chi connectivity index (χ2n) is 6.41. The van der Waals surface area contributed by atoms with Crippen molar-refractivity contribution in [3.8, 4) is 0 Å². The van der Waals surface area contributed by atoms with Crippen LogP contribution in [0.3, 0.4) is 0 Å². The van der Waals surface area contributed by atoms with Gasteiger partial charge in [0.25, 0.3) is 5.91 Å². The number of thioether (sulfide) groups is 1. The number of anilines is 1. The molecular formula is C20H17F3N4O3S2. The van der Waals surface area contributed by atoms with Gasteiger partial charge in [-0.1, -0.05) is 18.2 Å². The number of sulfone groups is 1. The molecule has 0 saturated heterocycles. The molecule has 3 rings (SSSR count). The van der Waals surface area contributed by atoms with E-state index in [2.05, 4.69) is 15.5 Å². The van der Waals surface area contributed by atoms with Gasteiger partial charge >= 0.3 is 6.18 Å². The summed E-state index contributed by atoms with van der Waals surface area (Å²) >= 11 is 1.47. The van der Waals surface area contributed by atoms with Crippen molar-refractivity contribution in [2.75, 3.05) is 17.6 Å². The summed E-state index contributed by atoms with van der Waals surface area (Å²) in [5.74, 6) is -0.673. The number of nitrogens with one attached hydrogen (secondary N) is 1. The van der Waals surface area contributed by atoms with Gasteiger partial charge in [0.15, 0.2) is 5.69 Å². The highest BCUT2D eigenvalue weighted by molar-refractivity contribution is 7.99. The molecule has 1 heterocycles. The van der Waals surface area contributed by atoms with Crippen molar-refractivity contribution >= 4 is 33.2 Å². The summed E-state index contributed by atoms with van der Waals surface area (Å²) < 4.78 is 66.8. The van der Waals surface area contributed by atoms with E-state index < -0.39 is 43.0 Å². The third kappa shape index (κ3) is 5.37. The molecule has 0 fully saturated rings. The van der Waals surface area contributed by atoms with E-state index in [0.29, 0.717) is 11.8 Å². The molecule has 168 valence electrons. The highest BCUT2D eigenvalue weighted by atomic mass is 32.2. The number of benzene rings is 2. The number of carbonyl (C=O) groups excluding carboxylic acids is 1. The third-order valence-corrected chi connectivity index (χ3v) is 7.04. The minimum absolute atomic E-state index is 0.217. The quantitative estimate of drug-likeness (QED) is 0.372. The maximum atomic E-state index is 13.7. The first-order valence-electron chi connectivity index (χ1n) is 9.10. The second-order valence-corrected chi connectivity index (χ2v) is 9.49. The van der Waals surface area contributed by atoms with Gasteiger partial charge in [-0.25, -0.2) is 8.42 Å². The smallest absolute Gasteiger partial charge is 0.384 e. The highest BCUT2D eigenvalue weighted by Gasteiger charge is 2.36. The maximum Gasteiger partial charge on any atom is 0.418 e. The number of nitrogens with two attached hydrogens (primary N) is 1. The fourth-order valence-corrected chi connectivity index (χ4v) is 4.98. The molecule has 32 heavy (non-hydrogen) atoms. The summed E-state index contributed by atoms with van der Waals surface area (Å²) in [6.07, 6.45) is -3.81. The summed E-state index contributed by atoms with van der Waals surface area (Å²) in [6, 6.07) is 12.9. The molecule has 3 aromatic rings. The third-order valence-electron chi connectivity index (χ3n) is 4.24. The van der Waals surface area contributed by atoms with Gasteiger partial charge in [-0.3, -0.25) is 4.79 Å². The molecule has 3 N–H and O–H groups in total. The topological polar surface area (TPSA) is 115 Å². The van der Waals surface area contributed by atoms with E-state index >= 15 is 0 Å². The van der Waals surface area contributed by atoms with Gasteiger partial charge < -0.3 is 11.1 Å². The minimum atomic E-state index is -4.82. The fourth-order valence-electron chi connectivity index (χ4n) is 2.79. The highest BCUT2D eigenvalue weighted by Crippen LogP contribution is 2.37. The molecule has 1 aromatic heterocycles. The normalized spacial score (nSPS) is 11.8. The number of primary amides is 1. The number of aromatic nitrogens is 2. The van der Waals surface area contributed by atoms with Crippen LogP contribution < -0.4 is 11.1 Å². The molecule has 7 nitrogen and oxygen atoms in total. The summed E-state index contributed by atoms with van der Waals surface area (Å²) in [6.45, 7) is 0.217. The van der Waals surface area contributed by atoms with E-state index in [1.165, 1.54) is 11.8 Å². The first kappa shape index (κ1) is 23.5. The molecule has 0 bridgehead atoms. The maximum absolute atomic E-state index is 13.7. The van der Waals surface area contributed by atoms with Crippen LogP contribution in [-0.2, 0) is 16.0 Å². The number of nitrogens with zero attached hydrogens (tertiary/aromatic N) is 2. The molecule has 0 aliphatic carbocycles. The molecule has 0 atom stereocenters. The van der Waals surface area contributed by atoms with Crippen LogP contribution in [-0.4, -0.2) is 36.8 Å². The van der Waals surface area contributed by atoms with Gasteiger partial charge in [0.05, 0.1) is 16.7 Å². The standard InChI is InChI=1S/C20H17F3N4O3S2/c21-20(22,23)15-12-14(32(29,30)17-8-9-26-27-18(17)19(24)28)6-7-16(15)25-10-11-31-13-4-2-1-3-5-13/h1-9,12,25H,10-11H2,(H2,24,28). The summed E-state index contributed by atoms with van der Waals surface area (Å²) in [7, 11) is -4.51. The Kier molecular flexibility index (Phi) is 7.04. The number of alkyl halides is 3. The van der Waals surface area contributed by atoms with Crippen molar-refractivity contribution in [1.29, 1.82) is 0 Å². The Labute approximate surface area is 186 Å². The molecule has 1 amide bonds. The summed E-state index contributed by atoms with van der Waals surface area (Å²) in [4.78, 5) is 11.2. The Hall–Kier alpha value is -3.12. The second kappa shape index (κ2) is 9.57. The molecule has 0 unspecified atom stereocenters. The van der Waals surface area contributed by atoms with Crippen molar-refractivity contribution in [2.24, 2.45) is 5.73 Å². The number of halogens is 3. The monoisotopic (exact) mass is 482 g/mol. The first-order chi connectivity index (χ1) is 15.1. The lowest BCUT2D eigenvalue weighted by Gasteiger charge is -2.16. The van der Waals surface area contributed by atoms with Crippen LogP contribution in [0.5, 0.6) is 0 Å². The van der Waals surface area contributed by atoms with Crippen molar-refractivity contribution in [3.05, 3.63) is 72.1 Å². The molecule has 0 radical (unpaired) electrons. The Balaban J connectivity index is 1.87. The van der Waals surface area contributed by atoms with Crippen LogP contribution in [0.4, 0.5) is 18.9 Å². The van der Waals surface area contributed by atoms with Crippen molar-refractivity contribution in [2.45, 2.75) is 20.9 Å². The van der Waals surface area contributed by atoms with Crippen molar-refractivity contribution in [3.63, 3.8) is 0 Å². The van der Waals surface area contributed by atoms with Crippen molar-refractivity contribution in [1.82, 2.24) is 10.2 Å². The molecule has 2 aromatic carbocycles.